The number of aliphatic hydroxyl groups is 2. The maximum absolute atomic E-state index is 13.3. The van der Waals surface area contributed by atoms with Crippen molar-refractivity contribution >= 4 is 44.9 Å². The first-order chi connectivity index (χ1) is 20.5. The highest BCUT2D eigenvalue weighted by atomic mass is 32.1. The molecule has 1 fully saturated rings. The van der Waals surface area contributed by atoms with Crippen LogP contribution < -0.4 is 14.5 Å². The lowest BCUT2D eigenvalue weighted by atomic mass is 10.1. The van der Waals surface area contributed by atoms with Crippen LogP contribution in [-0.4, -0.2) is 88.9 Å². The van der Waals surface area contributed by atoms with Crippen molar-refractivity contribution in [1.29, 1.82) is 0 Å². The summed E-state index contributed by atoms with van der Waals surface area (Å²) < 4.78 is 5.59. The highest BCUT2D eigenvalue weighted by Crippen LogP contribution is 2.33. The highest BCUT2D eigenvalue weighted by Gasteiger charge is 2.26. The van der Waals surface area contributed by atoms with E-state index in [1.165, 1.54) is 4.88 Å². The molecule has 10 nitrogen and oxygen atoms in total. The van der Waals surface area contributed by atoms with E-state index in [0.717, 1.165) is 28.1 Å². The standard InChI is InChI=1S/C31H35N5O5S/c1-2-25-19-26-28(32-31(33-29(26)42-25)41-21-24(38)20-37)35-17-15-34(16-18-35)27(39)13-14-36(23-11-7-4-8-12-23)30(40)22-9-5-3-6-10-22/h3-12,19,24,37-38H,2,13-18,20-21H2,1H3/t24-/m0/s1. The predicted octanol–water partition coefficient (Wildman–Crippen LogP) is 3.37. The number of anilines is 2. The second-order valence-corrected chi connectivity index (χ2v) is 11.2. The molecule has 1 aliphatic rings. The van der Waals surface area contributed by atoms with Gasteiger partial charge in [-0.3, -0.25) is 9.59 Å². The third kappa shape index (κ3) is 6.87. The Kier molecular flexibility index (Phi) is 9.63. The van der Waals surface area contributed by atoms with Crippen molar-refractivity contribution in [1.82, 2.24) is 14.9 Å². The number of rotatable bonds is 11. The summed E-state index contributed by atoms with van der Waals surface area (Å²) in [6.45, 7) is 4.05. The van der Waals surface area contributed by atoms with Gasteiger partial charge in [0.25, 0.3) is 5.91 Å². The summed E-state index contributed by atoms with van der Waals surface area (Å²) >= 11 is 1.58. The summed E-state index contributed by atoms with van der Waals surface area (Å²) in [5.74, 6) is 0.592. The minimum absolute atomic E-state index is 0.00454. The van der Waals surface area contributed by atoms with Gasteiger partial charge in [-0.2, -0.15) is 9.97 Å². The molecule has 1 aliphatic heterocycles. The Labute approximate surface area is 248 Å². The molecule has 2 aromatic heterocycles. The van der Waals surface area contributed by atoms with Gasteiger partial charge in [-0.1, -0.05) is 43.3 Å². The van der Waals surface area contributed by atoms with Gasteiger partial charge in [0.2, 0.25) is 5.91 Å². The van der Waals surface area contributed by atoms with Gasteiger partial charge in [-0.05, 0) is 36.8 Å². The molecule has 3 heterocycles. The fourth-order valence-corrected chi connectivity index (χ4v) is 5.82. The number of amides is 2. The molecule has 5 rings (SSSR count). The van der Waals surface area contributed by atoms with Crippen molar-refractivity contribution in [3.05, 3.63) is 77.2 Å². The minimum atomic E-state index is -1.02. The minimum Gasteiger partial charge on any atom is -0.461 e. The monoisotopic (exact) mass is 589 g/mol. The summed E-state index contributed by atoms with van der Waals surface area (Å²) in [4.78, 5) is 43.4. The number of aromatic nitrogens is 2. The van der Waals surface area contributed by atoms with Gasteiger partial charge >= 0.3 is 6.01 Å². The number of para-hydroxylation sites is 1. The van der Waals surface area contributed by atoms with E-state index in [2.05, 4.69) is 27.9 Å². The Morgan fingerprint density at radius 1 is 1.02 bits per heavy atom. The molecule has 0 spiro atoms. The van der Waals surface area contributed by atoms with Gasteiger partial charge in [-0.15, -0.1) is 11.3 Å². The van der Waals surface area contributed by atoms with E-state index in [1.54, 1.807) is 28.4 Å². The fourth-order valence-electron chi connectivity index (χ4n) is 4.87. The van der Waals surface area contributed by atoms with E-state index < -0.39 is 12.7 Å². The number of piperazine rings is 1. The highest BCUT2D eigenvalue weighted by molar-refractivity contribution is 7.18. The maximum atomic E-state index is 13.3. The summed E-state index contributed by atoms with van der Waals surface area (Å²) in [5, 5.41) is 19.8. The third-order valence-corrected chi connectivity index (χ3v) is 8.36. The zero-order valence-corrected chi connectivity index (χ0v) is 24.4. The molecule has 2 N–H and O–H groups in total. The van der Waals surface area contributed by atoms with Crippen molar-refractivity contribution < 1.29 is 24.5 Å². The van der Waals surface area contributed by atoms with Crippen LogP contribution in [0.2, 0.25) is 0 Å². The number of hydrogen-bond acceptors (Lipinski definition) is 9. The Morgan fingerprint density at radius 3 is 2.38 bits per heavy atom. The summed E-state index contributed by atoms with van der Waals surface area (Å²) in [5.41, 5.74) is 1.33. The second-order valence-electron chi connectivity index (χ2n) is 10.0. The lowest BCUT2D eigenvalue weighted by Gasteiger charge is -2.36. The Hall–Kier alpha value is -4.06. The van der Waals surface area contributed by atoms with Crippen LogP contribution in [0.15, 0.2) is 66.7 Å². The number of hydrogen-bond donors (Lipinski definition) is 2. The number of carbonyl (C=O) groups excluding carboxylic acids is 2. The molecule has 1 saturated heterocycles. The Bertz CT molecular complexity index is 1490. The lowest BCUT2D eigenvalue weighted by molar-refractivity contribution is -0.131. The van der Waals surface area contributed by atoms with Crippen LogP contribution in [0.4, 0.5) is 11.5 Å². The average Bonchev–Trinajstić information content (AvgIpc) is 3.47. The van der Waals surface area contributed by atoms with E-state index in [0.29, 0.717) is 31.7 Å². The molecule has 0 aliphatic carbocycles. The summed E-state index contributed by atoms with van der Waals surface area (Å²) in [7, 11) is 0. The molecule has 4 aromatic rings. The van der Waals surface area contributed by atoms with Gasteiger partial charge in [0.05, 0.1) is 12.0 Å². The first-order valence-corrected chi connectivity index (χ1v) is 14.9. The predicted molar refractivity (Wildman–Crippen MR) is 163 cm³/mol. The van der Waals surface area contributed by atoms with E-state index >= 15 is 0 Å². The van der Waals surface area contributed by atoms with Gasteiger partial charge in [-0.25, -0.2) is 0 Å². The van der Waals surface area contributed by atoms with Gasteiger partial charge in [0.1, 0.15) is 23.4 Å². The quantitative estimate of drug-likeness (QED) is 0.273. The van der Waals surface area contributed by atoms with Gasteiger partial charge in [0.15, 0.2) is 0 Å². The first-order valence-electron chi connectivity index (χ1n) is 14.1. The smallest absolute Gasteiger partial charge is 0.319 e. The molecule has 0 saturated carbocycles. The van der Waals surface area contributed by atoms with Crippen LogP contribution in [0, 0.1) is 0 Å². The summed E-state index contributed by atoms with van der Waals surface area (Å²) in [6, 6.07) is 20.8. The molecule has 0 bridgehead atoms. The van der Waals surface area contributed by atoms with E-state index in [-0.39, 0.29) is 37.4 Å². The number of benzene rings is 2. The number of fused-ring (bicyclic) bond motifs is 1. The zero-order valence-electron chi connectivity index (χ0n) is 23.6. The SMILES string of the molecule is CCc1cc2c(N3CCN(C(=O)CCN(C(=O)c4ccccc4)c4ccccc4)CC3)nc(OC[C@@H](O)CO)nc2s1. The number of aryl methyl sites for hydroxylation is 1. The molecule has 0 radical (unpaired) electrons. The van der Waals surface area contributed by atoms with Crippen LogP contribution in [0.3, 0.4) is 0 Å². The number of thiophene rings is 1. The molecule has 42 heavy (non-hydrogen) atoms. The number of aliphatic hydroxyl groups excluding tert-OH is 2. The van der Waals surface area contributed by atoms with Crippen LogP contribution in [0.25, 0.3) is 10.2 Å². The maximum Gasteiger partial charge on any atom is 0.319 e. The van der Waals surface area contributed by atoms with Crippen LogP contribution >= 0.6 is 11.3 Å². The average molecular weight is 590 g/mol. The van der Waals surface area contributed by atoms with Crippen molar-refractivity contribution in [2.45, 2.75) is 25.9 Å². The Balaban J connectivity index is 1.25. The molecule has 1 atom stereocenters. The van der Waals surface area contributed by atoms with E-state index in [9.17, 15) is 14.7 Å². The molecule has 2 amide bonds. The van der Waals surface area contributed by atoms with E-state index in [4.69, 9.17) is 9.84 Å². The zero-order chi connectivity index (χ0) is 29.5. The molecular formula is C31H35N5O5S. The summed E-state index contributed by atoms with van der Waals surface area (Å²) in [6.07, 6.45) is 0.0630. The fraction of sp³-hybridized carbons (Fsp3) is 0.355. The molecule has 0 unspecified atom stereocenters. The van der Waals surface area contributed by atoms with Gasteiger partial charge in [0, 0.05) is 55.3 Å². The van der Waals surface area contributed by atoms with Crippen molar-refractivity contribution in [2.75, 3.05) is 55.7 Å². The largest absolute Gasteiger partial charge is 0.461 e. The van der Waals surface area contributed by atoms with E-state index in [1.807, 2.05) is 53.4 Å². The lowest BCUT2D eigenvalue weighted by Crippen LogP contribution is -2.49. The molecule has 220 valence electrons. The van der Waals surface area contributed by atoms with Crippen LogP contribution in [-0.2, 0) is 11.2 Å². The Morgan fingerprint density at radius 2 is 1.71 bits per heavy atom. The van der Waals surface area contributed by atoms with Crippen LogP contribution in [0.1, 0.15) is 28.6 Å². The van der Waals surface area contributed by atoms with Crippen molar-refractivity contribution in [3.63, 3.8) is 0 Å². The third-order valence-electron chi connectivity index (χ3n) is 7.18. The number of carbonyl (C=O) groups is 2. The second kappa shape index (κ2) is 13.7. The topological polar surface area (TPSA) is 119 Å². The van der Waals surface area contributed by atoms with Gasteiger partial charge < -0.3 is 29.6 Å². The number of nitrogens with zero attached hydrogens (tertiary/aromatic N) is 5. The van der Waals surface area contributed by atoms with Crippen molar-refractivity contribution in [3.8, 4) is 6.01 Å². The van der Waals surface area contributed by atoms with Crippen LogP contribution in [0.5, 0.6) is 6.01 Å². The normalized spacial score (nSPS) is 14.2. The molecular weight excluding hydrogens is 554 g/mol. The molecule has 11 heteroatoms. The first kappa shape index (κ1) is 29.4. The number of ether oxygens (including phenoxy) is 1. The molecule has 2 aromatic carbocycles. The van der Waals surface area contributed by atoms with Crippen molar-refractivity contribution in [2.24, 2.45) is 0 Å².